The van der Waals surface area contributed by atoms with Crippen molar-refractivity contribution in [2.75, 3.05) is 37.0 Å². The Morgan fingerprint density at radius 1 is 1.10 bits per heavy atom. The number of carbonyl (C=O) groups excluding carboxylic acids is 4. The number of aryl methyl sites for hydroxylation is 2. The zero-order valence-electron chi connectivity index (χ0n) is 22.0. The number of anilines is 1. The molecule has 3 aromatic rings. The highest BCUT2D eigenvalue weighted by Crippen LogP contribution is 2.34. The number of hydrogen-bond acceptors (Lipinski definition) is 10. The Hall–Kier alpha value is -4.24. The van der Waals surface area contributed by atoms with E-state index in [0.29, 0.717) is 44.4 Å². The van der Waals surface area contributed by atoms with Crippen molar-refractivity contribution in [3.63, 3.8) is 0 Å². The highest BCUT2D eigenvalue weighted by atomic mass is 35.5. The molecule has 214 valence electrons. The second kappa shape index (κ2) is 10.6. The van der Waals surface area contributed by atoms with Gasteiger partial charge in [0.15, 0.2) is 5.82 Å². The second-order valence-electron chi connectivity index (χ2n) is 10.1. The van der Waals surface area contributed by atoms with E-state index in [9.17, 15) is 19.2 Å². The lowest BCUT2D eigenvalue weighted by molar-refractivity contribution is -0.136. The molecule has 1 aromatic carbocycles. The highest BCUT2D eigenvalue weighted by Gasteiger charge is 2.45. The third kappa shape index (κ3) is 4.74. The second-order valence-corrected chi connectivity index (χ2v) is 10.5. The smallest absolute Gasteiger partial charge is 0.262 e. The summed E-state index contributed by atoms with van der Waals surface area (Å²) in [6.07, 6.45) is 3.70. The Morgan fingerprint density at radius 2 is 1.83 bits per heavy atom. The van der Waals surface area contributed by atoms with E-state index in [4.69, 9.17) is 11.6 Å². The van der Waals surface area contributed by atoms with Gasteiger partial charge in [-0.3, -0.25) is 39.0 Å². The first-order chi connectivity index (χ1) is 19.8. The van der Waals surface area contributed by atoms with Crippen molar-refractivity contribution in [2.24, 2.45) is 7.05 Å². The number of carbonyl (C=O) groups is 4. The van der Waals surface area contributed by atoms with Gasteiger partial charge in [-0.1, -0.05) is 0 Å². The number of nitrogens with zero attached hydrogens (tertiary/aromatic N) is 9. The van der Waals surface area contributed by atoms with Gasteiger partial charge in [0, 0.05) is 57.3 Å². The van der Waals surface area contributed by atoms with Crippen molar-refractivity contribution >= 4 is 40.9 Å². The summed E-state index contributed by atoms with van der Waals surface area (Å²) in [5, 5.41) is 18.6. The molecule has 0 spiro atoms. The van der Waals surface area contributed by atoms with E-state index in [1.54, 1.807) is 22.6 Å². The number of tetrazole rings is 1. The molecule has 3 aliphatic rings. The number of nitrogens with one attached hydrogen (secondary N) is 1. The van der Waals surface area contributed by atoms with E-state index in [2.05, 4.69) is 30.8 Å². The van der Waals surface area contributed by atoms with Gasteiger partial charge in [0.2, 0.25) is 11.8 Å². The third-order valence-corrected chi connectivity index (χ3v) is 7.88. The van der Waals surface area contributed by atoms with Crippen LogP contribution in [0.1, 0.15) is 51.0 Å². The van der Waals surface area contributed by atoms with Gasteiger partial charge in [-0.15, -0.1) is 16.7 Å². The molecule has 5 heterocycles. The number of hydrogen-bond donors (Lipinski definition) is 1. The summed E-state index contributed by atoms with van der Waals surface area (Å²) in [5.74, 6) is -2.19. The standard InChI is InChI=1S/C25H26ClFN10O4/c1-33-22(30-31-32-33)21(14-12-28-36(13-14)5-4-26)35-8-6-34(7-9-35)19-11-16-15(10-17(19)27)24(40)37(25(16)41)18-2-3-20(38)29-23(18)39/h10-13,18,21H,2-9H2,1H3,(H,29,38,39). The van der Waals surface area contributed by atoms with Crippen LogP contribution in [0.3, 0.4) is 0 Å². The molecular weight excluding hydrogens is 559 g/mol. The van der Waals surface area contributed by atoms with E-state index in [1.807, 2.05) is 11.1 Å². The summed E-state index contributed by atoms with van der Waals surface area (Å²) < 4.78 is 18.7. The van der Waals surface area contributed by atoms with E-state index in [1.165, 1.54) is 6.07 Å². The van der Waals surface area contributed by atoms with Crippen molar-refractivity contribution in [1.82, 2.24) is 45.1 Å². The summed E-state index contributed by atoms with van der Waals surface area (Å²) >= 11 is 5.88. The lowest BCUT2D eigenvalue weighted by atomic mass is 10.0. The minimum Gasteiger partial charge on any atom is -0.367 e. The number of piperidine rings is 1. The number of halogens is 2. The molecule has 2 unspecified atom stereocenters. The number of benzene rings is 1. The molecule has 2 saturated heterocycles. The van der Waals surface area contributed by atoms with Crippen LogP contribution in [0.15, 0.2) is 24.5 Å². The molecule has 4 amide bonds. The minimum atomic E-state index is -1.11. The lowest BCUT2D eigenvalue weighted by Crippen LogP contribution is -2.54. The molecule has 0 bridgehead atoms. The number of rotatable bonds is 7. The van der Waals surface area contributed by atoms with Gasteiger partial charge >= 0.3 is 0 Å². The molecule has 6 rings (SSSR count). The Balaban J connectivity index is 1.22. The molecule has 1 N–H and O–H groups in total. The van der Waals surface area contributed by atoms with Crippen LogP contribution in [0.2, 0.25) is 0 Å². The fraction of sp³-hybridized carbons (Fsp3) is 0.440. The van der Waals surface area contributed by atoms with Gasteiger partial charge < -0.3 is 4.90 Å². The average Bonchev–Trinajstić information content (AvgIpc) is 3.65. The maximum absolute atomic E-state index is 15.4. The summed E-state index contributed by atoms with van der Waals surface area (Å²) in [4.78, 5) is 55.0. The van der Waals surface area contributed by atoms with E-state index in [-0.39, 0.29) is 35.7 Å². The van der Waals surface area contributed by atoms with Crippen LogP contribution in [0.5, 0.6) is 0 Å². The third-order valence-electron chi connectivity index (χ3n) is 7.71. The molecule has 14 nitrogen and oxygen atoms in total. The van der Waals surface area contributed by atoms with Gasteiger partial charge in [0.25, 0.3) is 11.8 Å². The summed E-state index contributed by atoms with van der Waals surface area (Å²) in [6.45, 7) is 2.44. The van der Waals surface area contributed by atoms with Gasteiger partial charge in [0.1, 0.15) is 17.9 Å². The normalized spacial score (nSPS) is 20.5. The SMILES string of the molecule is Cn1nnnc1C(c1cnn(CCCl)c1)N1CCN(c2cc3c(cc2F)C(=O)N(C2CCC(=O)NC2=O)C3=O)CC1. The predicted molar refractivity (Wildman–Crippen MR) is 140 cm³/mol. The zero-order chi connectivity index (χ0) is 28.8. The van der Waals surface area contributed by atoms with Crippen molar-refractivity contribution in [1.29, 1.82) is 0 Å². The van der Waals surface area contributed by atoms with E-state index >= 15 is 4.39 Å². The first-order valence-electron chi connectivity index (χ1n) is 13.1. The lowest BCUT2D eigenvalue weighted by Gasteiger charge is -2.39. The topological polar surface area (TPSA) is 151 Å². The highest BCUT2D eigenvalue weighted by molar-refractivity contribution is 6.23. The molecule has 0 radical (unpaired) electrons. The maximum Gasteiger partial charge on any atom is 0.262 e. The Kier molecular flexibility index (Phi) is 6.99. The molecule has 0 aliphatic carbocycles. The largest absolute Gasteiger partial charge is 0.367 e. The maximum atomic E-state index is 15.4. The van der Waals surface area contributed by atoms with Gasteiger partial charge in [-0.25, -0.2) is 9.07 Å². The van der Waals surface area contributed by atoms with Crippen LogP contribution >= 0.6 is 11.6 Å². The fourth-order valence-electron chi connectivity index (χ4n) is 5.66. The molecule has 0 saturated carbocycles. The molecule has 2 fully saturated rings. The Labute approximate surface area is 238 Å². The first kappa shape index (κ1) is 27.0. The fourth-order valence-corrected chi connectivity index (χ4v) is 5.84. The van der Waals surface area contributed by atoms with Crippen LogP contribution in [0.25, 0.3) is 0 Å². The monoisotopic (exact) mass is 584 g/mol. The molecule has 2 aromatic heterocycles. The van der Waals surface area contributed by atoms with Crippen molar-refractivity contribution in [3.8, 4) is 0 Å². The molecule has 3 aliphatic heterocycles. The number of piperazine rings is 1. The Bertz CT molecular complexity index is 1550. The van der Waals surface area contributed by atoms with Crippen LogP contribution < -0.4 is 10.2 Å². The zero-order valence-corrected chi connectivity index (χ0v) is 22.8. The first-order valence-corrected chi connectivity index (χ1v) is 13.6. The molecule has 16 heteroatoms. The average molecular weight is 585 g/mol. The van der Waals surface area contributed by atoms with Crippen molar-refractivity contribution in [2.45, 2.75) is 31.5 Å². The number of amides is 4. The number of fused-ring (bicyclic) bond motifs is 1. The van der Waals surface area contributed by atoms with Crippen molar-refractivity contribution < 1.29 is 23.6 Å². The van der Waals surface area contributed by atoms with Crippen LogP contribution in [-0.4, -0.2) is 102 Å². The summed E-state index contributed by atoms with van der Waals surface area (Å²) in [7, 11) is 1.76. The summed E-state index contributed by atoms with van der Waals surface area (Å²) in [6, 6.07) is 1.03. The minimum absolute atomic E-state index is 0.00654. The van der Waals surface area contributed by atoms with E-state index < -0.39 is 35.5 Å². The molecule has 41 heavy (non-hydrogen) atoms. The van der Waals surface area contributed by atoms with Crippen LogP contribution in [0.4, 0.5) is 10.1 Å². The van der Waals surface area contributed by atoms with Gasteiger partial charge in [0.05, 0.1) is 29.6 Å². The van der Waals surface area contributed by atoms with Gasteiger partial charge in [-0.2, -0.15) is 5.10 Å². The number of imide groups is 2. The predicted octanol–water partition coefficient (Wildman–Crippen LogP) is 0.0973. The number of aromatic nitrogens is 6. The van der Waals surface area contributed by atoms with Crippen LogP contribution in [0, 0.1) is 5.82 Å². The quantitative estimate of drug-likeness (QED) is 0.299. The van der Waals surface area contributed by atoms with E-state index in [0.717, 1.165) is 16.5 Å². The van der Waals surface area contributed by atoms with Crippen LogP contribution in [-0.2, 0) is 23.2 Å². The summed E-state index contributed by atoms with van der Waals surface area (Å²) in [5.41, 5.74) is 1.03. The Morgan fingerprint density at radius 3 is 2.49 bits per heavy atom. The molecular formula is C25H26ClFN10O4. The van der Waals surface area contributed by atoms with Crippen molar-refractivity contribution in [3.05, 3.63) is 52.9 Å². The number of alkyl halides is 1. The van der Waals surface area contributed by atoms with Gasteiger partial charge in [-0.05, 0) is 29.0 Å². The molecule has 2 atom stereocenters.